The second kappa shape index (κ2) is 6.59. The highest BCUT2D eigenvalue weighted by atomic mass is 16.6. The Hall–Kier alpha value is -2.05. The molecule has 4 rings (SSSR count). The third-order valence-corrected chi connectivity index (χ3v) is 5.14. The molecule has 0 unspecified atom stereocenters. The molecule has 142 valence electrons. The number of H-pyrrole nitrogens is 1. The van der Waals surface area contributed by atoms with E-state index >= 15 is 0 Å². The van der Waals surface area contributed by atoms with Crippen LogP contribution in [0.4, 0.5) is 5.95 Å². The number of aliphatic hydroxyl groups excluding tert-OH is 3. The Morgan fingerprint density at radius 3 is 2.73 bits per heavy atom. The Labute approximate surface area is 148 Å². The van der Waals surface area contributed by atoms with Crippen LogP contribution in [0.1, 0.15) is 6.23 Å². The number of rotatable bonds is 3. The summed E-state index contributed by atoms with van der Waals surface area (Å²) >= 11 is 0. The lowest BCUT2D eigenvalue weighted by Gasteiger charge is -2.32. The van der Waals surface area contributed by atoms with Gasteiger partial charge in [-0.25, -0.2) is 9.97 Å². The van der Waals surface area contributed by atoms with E-state index < -0.39 is 31.1 Å². The maximum atomic E-state index is 12.2. The van der Waals surface area contributed by atoms with E-state index in [2.05, 4.69) is 22.0 Å². The number of nitrogens with one attached hydrogen (secondary N) is 2. The number of quaternary nitrogens is 1. The summed E-state index contributed by atoms with van der Waals surface area (Å²) in [5.74, 6) is 0.464. The van der Waals surface area contributed by atoms with Crippen LogP contribution < -0.4 is 15.4 Å². The van der Waals surface area contributed by atoms with Gasteiger partial charge in [-0.1, -0.05) is 0 Å². The van der Waals surface area contributed by atoms with Crippen LogP contribution in [0.25, 0.3) is 11.2 Å². The lowest BCUT2D eigenvalue weighted by Crippen LogP contribution is -3.12. The zero-order valence-corrected chi connectivity index (χ0v) is 14.4. The first-order valence-electron chi connectivity index (χ1n) is 8.65. The normalized spacial score (nSPS) is 30.4. The number of piperazine rings is 1. The molecule has 5 N–H and O–H groups in total. The second-order valence-electron chi connectivity index (χ2n) is 6.86. The lowest BCUT2D eigenvalue weighted by atomic mass is 10.1. The summed E-state index contributed by atoms with van der Waals surface area (Å²) in [7, 11) is 2.11. The molecule has 11 heteroatoms. The molecule has 0 bridgehead atoms. The Kier molecular flexibility index (Phi) is 4.40. The molecule has 11 nitrogen and oxygen atoms in total. The highest BCUT2D eigenvalue weighted by molar-refractivity contribution is 5.73. The van der Waals surface area contributed by atoms with Gasteiger partial charge in [0.2, 0.25) is 5.95 Å². The number of imidazole rings is 1. The molecular formula is C15H23N6O5+. The first-order valence-corrected chi connectivity index (χ1v) is 8.65. The average molecular weight is 367 g/mol. The van der Waals surface area contributed by atoms with Gasteiger partial charge in [-0.2, -0.15) is 0 Å². The number of ether oxygens (including phenoxy) is 1. The molecule has 2 aromatic heterocycles. The predicted molar refractivity (Wildman–Crippen MR) is 90.0 cm³/mol. The van der Waals surface area contributed by atoms with Crippen molar-refractivity contribution >= 4 is 17.1 Å². The number of hydrogen-bond acceptors (Lipinski definition) is 8. The number of likely N-dealkylation sites (N-methyl/N-ethyl adjacent to an activating group) is 1. The minimum atomic E-state index is -1.28. The van der Waals surface area contributed by atoms with Gasteiger partial charge in [-0.3, -0.25) is 9.36 Å². The number of aromatic nitrogens is 4. The Morgan fingerprint density at radius 1 is 1.35 bits per heavy atom. The summed E-state index contributed by atoms with van der Waals surface area (Å²) in [5.41, 5.74) is 0.0258. The molecular weight excluding hydrogens is 344 g/mol. The third-order valence-electron chi connectivity index (χ3n) is 5.14. The number of hydrogen-bond donors (Lipinski definition) is 5. The Balaban J connectivity index is 1.83. The molecule has 0 spiro atoms. The number of aliphatic hydroxyl groups is 3. The Morgan fingerprint density at radius 2 is 2.08 bits per heavy atom. The van der Waals surface area contributed by atoms with Crippen molar-refractivity contribution in [2.45, 2.75) is 24.5 Å². The van der Waals surface area contributed by atoms with Gasteiger partial charge in [-0.05, 0) is 0 Å². The van der Waals surface area contributed by atoms with Gasteiger partial charge in [-0.15, -0.1) is 0 Å². The van der Waals surface area contributed by atoms with Crippen molar-refractivity contribution in [1.29, 1.82) is 0 Å². The van der Waals surface area contributed by atoms with E-state index in [1.807, 2.05) is 4.90 Å². The number of anilines is 1. The van der Waals surface area contributed by atoms with Gasteiger partial charge < -0.3 is 34.8 Å². The van der Waals surface area contributed by atoms with Gasteiger partial charge >= 0.3 is 0 Å². The van der Waals surface area contributed by atoms with Crippen LogP contribution in [0.3, 0.4) is 0 Å². The lowest BCUT2D eigenvalue weighted by molar-refractivity contribution is -0.880. The summed E-state index contributed by atoms with van der Waals surface area (Å²) in [6.07, 6.45) is -3.17. The van der Waals surface area contributed by atoms with Crippen LogP contribution in [0.5, 0.6) is 0 Å². The molecule has 0 aromatic carbocycles. The second-order valence-corrected chi connectivity index (χ2v) is 6.86. The van der Waals surface area contributed by atoms with E-state index in [-0.39, 0.29) is 16.7 Å². The zero-order valence-electron chi connectivity index (χ0n) is 14.4. The molecule has 0 radical (unpaired) electrons. The fraction of sp³-hybridized carbons (Fsp3) is 0.667. The maximum Gasteiger partial charge on any atom is 0.278 e. The van der Waals surface area contributed by atoms with Gasteiger partial charge in [0.1, 0.15) is 18.3 Å². The van der Waals surface area contributed by atoms with Crippen molar-refractivity contribution in [2.24, 2.45) is 0 Å². The van der Waals surface area contributed by atoms with Crippen LogP contribution >= 0.6 is 0 Å². The van der Waals surface area contributed by atoms with Gasteiger partial charge in [0.25, 0.3) is 5.56 Å². The van der Waals surface area contributed by atoms with E-state index in [4.69, 9.17) is 4.74 Å². The standard InChI is InChI=1S/C15H22N6O5/c1-19-2-4-20(5-3-19)15-18-9-12(16-7-17-13(9)25)21(15)14-11(24)10(23)8(6-22)26-14/h7-8,10-11,14,22-24H,2-6H2,1H3,(H,16,17,25)/p+1/t8-,10+,11+,14+/m0/s1. The summed E-state index contributed by atoms with van der Waals surface area (Å²) in [4.78, 5) is 26.7. The maximum absolute atomic E-state index is 12.2. The highest BCUT2D eigenvalue weighted by Gasteiger charge is 2.45. The van der Waals surface area contributed by atoms with Crippen LogP contribution in [0.2, 0.25) is 0 Å². The van der Waals surface area contributed by atoms with E-state index in [1.54, 1.807) is 4.57 Å². The molecule has 0 amide bonds. The van der Waals surface area contributed by atoms with Gasteiger partial charge in [0.05, 0.1) is 46.2 Å². The van der Waals surface area contributed by atoms with Crippen LogP contribution in [0, 0.1) is 0 Å². The summed E-state index contributed by atoms with van der Waals surface area (Å²) in [6.45, 7) is 2.83. The summed E-state index contributed by atoms with van der Waals surface area (Å²) < 4.78 is 7.22. The monoisotopic (exact) mass is 367 g/mol. The molecule has 2 aliphatic heterocycles. The summed E-state index contributed by atoms with van der Waals surface area (Å²) in [6, 6.07) is 0. The molecule has 2 aromatic rings. The fourth-order valence-corrected chi connectivity index (χ4v) is 3.55. The first-order chi connectivity index (χ1) is 12.5. The smallest absolute Gasteiger partial charge is 0.278 e. The number of aromatic amines is 1. The summed E-state index contributed by atoms with van der Waals surface area (Å²) in [5, 5.41) is 29.9. The van der Waals surface area contributed by atoms with Crippen LogP contribution in [-0.2, 0) is 4.74 Å². The number of nitrogens with zero attached hydrogens (tertiary/aromatic N) is 4. The van der Waals surface area contributed by atoms with Crippen molar-refractivity contribution < 1.29 is 25.0 Å². The minimum Gasteiger partial charge on any atom is -0.394 e. The SMILES string of the molecule is C[NH+]1CCN(c2nc3c(=O)[nH]cnc3n2[C@@H]2O[C@@H](CO)[C@@H](O)[C@H]2O)CC1. The molecule has 4 atom stereocenters. The molecule has 2 saturated heterocycles. The van der Waals surface area contributed by atoms with E-state index in [0.29, 0.717) is 5.95 Å². The third kappa shape index (κ3) is 2.68. The predicted octanol–water partition coefficient (Wildman–Crippen LogP) is -3.93. The topological polar surface area (TPSA) is 141 Å². The van der Waals surface area contributed by atoms with E-state index in [9.17, 15) is 20.1 Å². The van der Waals surface area contributed by atoms with Gasteiger partial charge in [0.15, 0.2) is 17.4 Å². The molecule has 4 heterocycles. The quantitative estimate of drug-likeness (QED) is 0.370. The van der Waals surface area contributed by atoms with Crippen molar-refractivity contribution in [3.63, 3.8) is 0 Å². The first kappa shape index (κ1) is 17.4. The van der Waals surface area contributed by atoms with Crippen LogP contribution in [-0.4, -0.2) is 93.0 Å². The number of fused-ring (bicyclic) bond motifs is 1. The van der Waals surface area contributed by atoms with E-state index in [1.165, 1.54) is 11.2 Å². The van der Waals surface area contributed by atoms with Gasteiger partial charge in [0, 0.05) is 0 Å². The van der Waals surface area contributed by atoms with Crippen molar-refractivity contribution in [1.82, 2.24) is 19.5 Å². The molecule has 0 saturated carbocycles. The largest absolute Gasteiger partial charge is 0.394 e. The molecule has 2 fully saturated rings. The van der Waals surface area contributed by atoms with E-state index in [0.717, 1.165) is 26.2 Å². The Bertz CT molecular complexity index is 845. The highest BCUT2D eigenvalue weighted by Crippen LogP contribution is 2.34. The fourth-order valence-electron chi connectivity index (χ4n) is 3.55. The molecule has 0 aliphatic carbocycles. The van der Waals surface area contributed by atoms with Crippen molar-refractivity contribution in [3.8, 4) is 0 Å². The van der Waals surface area contributed by atoms with Crippen molar-refractivity contribution in [3.05, 3.63) is 16.7 Å². The molecule has 2 aliphatic rings. The van der Waals surface area contributed by atoms with Crippen molar-refractivity contribution in [2.75, 3.05) is 44.7 Å². The van der Waals surface area contributed by atoms with Crippen LogP contribution in [0.15, 0.2) is 11.1 Å². The zero-order chi connectivity index (χ0) is 18.4. The molecule has 26 heavy (non-hydrogen) atoms. The minimum absolute atomic E-state index is 0.145. The average Bonchev–Trinajstić information content (AvgIpc) is 3.15.